The molecule has 0 aliphatic carbocycles. The fourth-order valence-corrected chi connectivity index (χ4v) is 1.49. The Balaban J connectivity index is 2.58. The molecule has 0 bridgehead atoms. The van der Waals surface area contributed by atoms with Crippen LogP contribution < -0.4 is 5.73 Å². The summed E-state index contributed by atoms with van der Waals surface area (Å²) in [6.45, 7) is 4.25. The normalized spacial score (nSPS) is 12.8. The highest BCUT2D eigenvalue weighted by Crippen LogP contribution is 2.09. The van der Waals surface area contributed by atoms with E-state index in [-0.39, 0.29) is 0 Å². The summed E-state index contributed by atoms with van der Waals surface area (Å²) in [6.07, 6.45) is 6.96. The van der Waals surface area contributed by atoms with Crippen LogP contribution in [0, 0.1) is 6.92 Å². The predicted octanol–water partition coefficient (Wildman–Crippen LogP) is 2.06. The Morgan fingerprint density at radius 3 is 2.92 bits per heavy atom. The van der Waals surface area contributed by atoms with Gasteiger partial charge in [0.2, 0.25) is 0 Å². The van der Waals surface area contributed by atoms with Crippen LogP contribution in [0.1, 0.15) is 30.9 Å². The molecule has 0 aliphatic heterocycles. The molecule has 0 fully saturated rings. The molecule has 0 saturated heterocycles. The third kappa shape index (κ3) is 3.15. The highest BCUT2D eigenvalue weighted by atomic mass is 14.6. The van der Waals surface area contributed by atoms with E-state index in [0.717, 1.165) is 19.3 Å². The number of aryl methyl sites for hydroxylation is 1. The van der Waals surface area contributed by atoms with Gasteiger partial charge >= 0.3 is 0 Å². The van der Waals surface area contributed by atoms with Crippen molar-refractivity contribution < 1.29 is 0 Å². The number of pyridine rings is 1. The fraction of sp³-hybridized carbons (Fsp3) is 0.545. The van der Waals surface area contributed by atoms with Crippen molar-refractivity contribution in [3.05, 3.63) is 29.6 Å². The van der Waals surface area contributed by atoms with Crippen LogP contribution in [0.5, 0.6) is 0 Å². The summed E-state index contributed by atoms with van der Waals surface area (Å²) in [5.74, 6) is 0. The first-order valence-corrected chi connectivity index (χ1v) is 4.89. The smallest absolute Gasteiger partial charge is 0.0299 e. The van der Waals surface area contributed by atoms with Crippen molar-refractivity contribution in [3.8, 4) is 0 Å². The summed E-state index contributed by atoms with van der Waals surface area (Å²) >= 11 is 0. The van der Waals surface area contributed by atoms with Crippen molar-refractivity contribution in [2.75, 3.05) is 0 Å². The molecule has 0 radical (unpaired) electrons. The van der Waals surface area contributed by atoms with Crippen LogP contribution in [0.3, 0.4) is 0 Å². The molecule has 1 rings (SSSR count). The maximum atomic E-state index is 5.96. The largest absolute Gasteiger partial charge is 0.327 e. The topological polar surface area (TPSA) is 38.9 Å². The van der Waals surface area contributed by atoms with Crippen LogP contribution in [0.4, 0.5) is 0 Å². The van der Waals surface area contributed by atoms with E-state index in [2.05, 4.69) is 24.9 Å². The van der Waals surface area contributed by atoms with Gasteiger partial charge in [-0.15, -0.1) is 0 Å². The third-order valence-corrected chi connectivity index (χ3v) is 2.28. The standard InChI is InChI=1S/C11H18N2/c1-3-4-11(12)7-10-5-6-13-8-9(10)2/h5-6,8,11H,3-4,7,12H2,1-2H3. The van der Waals surface area contributed by atoms with Gasteiger partial charge in [-0.2, -0.15) is 0 Å². The zero-order valence-electron chi connectivity index (χ0n) is 8.46. The molecule has 0 spiro atoms. The van der Waals surface area contributed by atoms with Gasteiger partial charge in [0, 0.05) is 18.4 Å². The minimum atomic E-state index is 0.297. The van der Waals surface area contributed by atoms with E-state index in [9.17, 15) is 0 Å². The monoisotopic (exact) mass is 178 g/mol. The number of hydrogen-bond acceptors (Lipinski definition) is 2. The molecule has 1 heterocycles. The molecule has 0 amide bonds. The highest BCUT2D eigenvalue weighted by molar-refractivity contribution is 5.22. The lowest BCUT2D eigenvalue weighted by molar-refractivity contribution is 0.599. The fourth-order valence-electron chi connectivity index (χ4n) is 1.49. The van der Waals surface area contributed by atoms with Crippen LogP contribution in [-0.4, -0.2) is 11.0 Å². The molecule has 0 aromatic carbocycles. The number of nitrogens with zero attached hydrogens (tertiary/aromatic N) is 1. The third-order valence-electron chi connectivity index (χ3n) is 2.28. The Morgan fingerprint density at radius 1 is 1.54 bits per heavy atom. The Labute approximate surface area is 80.2 Å². The van der Waals surface area contributed by atoms with E-state index in [1.165, 1.54) is 11.1 Å². The first-order chi connectivity index (χ1) is 6.24. The average molecular weight is 178 g/mol. The van der Waals surface area contributed by atoms with Crippen molar-refractivity contribution >= 4 is 0 Å². The average Bonchev–Trinajstić information content (AvgIpc) is 2.09. The van der Waals surface area contributed by atoms with Gasteiger partial charge in [0.15, 0.2) is 0 Å². The first kappa shape index (κ1) is 10.2. The molecule has 2 heteroatoms. The first-order valence-electron chi connectivity index (χ1n) is 4.89. The Kier molecular flexibility index (Phi) is 3.90. The summed E-state index contributed by atoms with van der Waals surface area (Å²) < 4.78 is 0. The SMILES string of the molecule is CCCC(N)Cc1ccncc1C. The van der Waals surface area contributed by atoms with Crippen molar-refractivity contribution in [2.45, 2.75) is 39.2 Å². The molecule has 1 aromatic rings. The van der Waals surface area contributed by atoms with Gasteiger partial charge in [0.05, 0.1) is 0 Å². The number of nitrogens with two attached hydrogens (primary N) is 1. The lowest BCUT2D eigenvalue weighted by Crippen LogP contribution is -2.22. The highest BCUT2D eigenvalue weighted by Gasteiger charge is 2.04. The zero-order valence-corrected chi connectivity index (χ0v) is 8.46. The summed E-state index contributed by atoms with van der Waals surface area (Å²) in [7, 11) is 0. The Bertz CT molecular complexity index is 258. The number of aromatic nitrogens is 1. The molecule has 0 saturated carbocycles. The van der Waals surface area contributed by atoms with Crippen LogP contribution >= 0.6 is 0 Å². The molecule has 13 heavy (non-hydrogen) atoms. The molecule has 2 nitrogen and oxygen atoms in total. The quantitative estimate of drug-likeness (QED) is 0.766. The summed E-state index contributed by atoms with van der Waals surface area (Å²) in [6, 6.07) is 2.36. The van der Waals surface area contributed by atoms with Crippen molar-refractivity contribution in [2.24, 2.45) is 5.73 Å². The van der Waals surface area contributed by atoms with Gasteiger partial charge in [-0.05, 0) is 37.0 Å². The minimum absolute atomic E-state index is 0.297. The number of rotatable bonds is 4. The van der Waals surface area contributed by atoms with Crippen molar-refractivity contribution in [1.82, 2.24) is 4.98 Å². The van der Waals surface area contributed by atoms with Gasteiger partial charge in [-0.25, -0.2) is 0 Å². The van der Waals surface area contributed by atoms with E-state index in [1.54, 1.807) is 0 Å². The number of hydrogen-bond donors (Lipinski definition) is 1. The molecule has 1 aromatic heterocycles. The van der Waals surface area contributed by atoms with Gasteiger partial charge in [-0.3, -0.25) is 4.98 Å². The lowest BCUT2D eigenvalue weighted by Gasteiger charge is -2.11. The maximum absolute atomic E-state index is 5.96. The second-order valence-electron chi connectivity index (χ2n) is 3.56. The second-order valence-corrected chi connectivity index (χ2v) is 3.56. The summed E-state index contributed by atoms with van der Waals surface area (Å²) in [5, 5.41) is 0. The van der Waals surface area contributed by atoms with Crippen molar-refractivity contribution in [1.29, 1.82) is 0 Å². The maximum Gasteiger partial charge on any atom is 0.0299 e. The molecule has 1 unspecified atom stereocenters. The zero-order chi connectivity index (χ0) is 9.68. The van der Waals surface area contributed by atoms with Crippen molar-refractivity contribution in [3.63, 3.8) is 0 Å². The Morgan fingerprint density at radius 2 is 2.31 bits per heavy atom. The summed E-state index contributed by atoms with van der Waals surface area (Å²) in [5.41, 5.74) is 8.54. The van der Waals surface area contributed by atoms with Crippen LogP contribution in [0.15, 0.2) is 18.5 Å². The molecule has 1 atom stereocenters. The molecular formula is C11H18N2. The minimum Gasteiger partial charge on any atom is -0.327 e. The second kappa shape index (κ2) is 4.97. The molecule has 2 N–H and O–H groups in total. The van der Waals surface area contributed by atoms with E-state index in [4.69, 9.17) is 5.73 Å². The van der Waals surface area contributed by atoms with Gasteiger partial charge < -0.3 is 5.73 Å². The molecule has 72 valence electrons. The van der Waals surface area contributed by atoms with E-state index in [1.807, 2.05) is 12.4 Å². The summed E-state index contributed by atoms with van der Waals surface area (Å²) in [4.78, 5) is 4.06. The van der Waals surface area contributed by atoms with Gasteiger partial charge in [-0.1, -0.05) is 13.3 Å². The lowest BCUT2D eigenvalue weighted by atomic mass is 10.0. The Hall–Kier alpha value is -0.890. The van der Waals surface area contributed by atoms with Gasteiger partial charge in [0.25, 0.3) is 0 Å². The van der Waals surface area contributed by atoms with Crippen LogP contribution in [-0.2, 0) is 6.42 Å². The predicted molar refractivity (Wildman–Crippen MR) is 55.6 cm³/mol. The van der Waals surface area contributed by atoms with E-state index in [0.29, 0.717) is 6.04 Å². The van der Waals surface area contributed by atoms with Gasteiger partial charge in [0.1, 0.15) is 0 Å². The van der Waals surface area contributed by atoms with E-state index >= 15 is 0 Å². The molecular weight excluding hydrogens is 160 g/mol. The van der Waals surface area contributed by atoms with Crippen LogP contribution in [0.2, 0.25) is 0 Å². The van der Waals surface area contributed by atoms with Crippen LogP contribution in [0.25, 0.3) is 0 Å². The van der Waals surface area contributed by atoms with E-state index < -0.39 is 0 Å². The molecule has 0 aliphatic rings.